The molecule has 0 bridgehead atoms. The summed E-state index contributed by atoms with van der Waals surface area (Å²) in [5.74, 6) is -0.0535. The van der Waals surface area contributed by atoms with Gasteiger partial charge in [0.25, 0.3) is 0 Å². The van der Waals surface area contributed by atoms with Crippen molar-refractivity contribution in [1.29, 1.82) is 0 Å². The van der Waals surface area contributed by atoms with Gasteiger partial charge in [-0.15, -0.1) is 0 Å². The Morgan fingerprint density at radius 1 is 0.881 bits per heavy atom. The molecule has 1 aliphatic heterocycles. The summed E-state index contributed by atoms with van der Waals surface area (Å²) >= 11 is 0. The summed E-state index contributed by atoms with van der Waals surface area (Å²) in [6, 6.07) is 13.0. The van der Waals surface area contributed by atoms with Gasteiger partial charge >= 0.3 is 18.4 Å². The second kappa shape index (κ2) is 10.00. The summed E-state index contributed by atoms with van der Waals surface area (Å²) in [6.45, 7) is -0.478. The zero-order valence-electron chi connectivity index (χ0n) is 21.6. The fourth-order valence-corrected chi connectivity index (χ4v) is 5.17. The van der Waals surface area contributed by atoms with E-state index in [1.807, 2.05) is 35.0 Å². The van der Waals surface area contributed by atoms with E-state index in [4.69, 9.17) is 4.42 Å². The Hall–Kier alpha value is -4.68. The lowest BCUT2D eigenvalue weighted by Crippen LogP contribution is -2.48. The largest absolute Gasteiger partial charge is 0.467 e. The number of nitrogens with zero attached hydrogens (tertiary/aromatic N) is 3. The van der Waals surface area contributed by atoms with Gasteiger partial charge in [0.1, 0.15) is 18.3 Å². The standard InChI is InChI=1S/C29H22F6N4O3/c30-28(31,32)17-13-18(29(33,34)35)15-19(14-17)36-27(41)38(20-9-10-20)16-25(40)39-22-6-2-1-5-21(22)37-11-3-7-23(37)26(39)24-8-4-12-42-24/h1-8,11-15,20,26H,9-10,16H2,(H,36,41). The van der Waals surface area contributed by atoms with E-state index in [1.54, 1.807) is 24.3 Å². The molecule has 0 spiro atoms. The molecule has 0 radical (unpaired) electrons. The number of halogens is 6. The van der Waals surface area contributed by atoms with Crippen LogP contribution in [0.5, 0.6) is 0 Å². The Balaban J connectivity index is 1.32. The minimum Gasteiger partial charge on any atom is -0.467 e. The van der Waals surface area contributed by atoms with Gasteiger partial charge in [-0.2, -0.15) is 26.3 Å². The highest BCUT2D eigenvalue weighted by molar-refractivity contribution is 6.01. The summed E-state index contributed by atoms with van der Waals surface area (Å²) < 4.78 is 87.7. The van der Waals surface area contributed by atoms with Gasteiger partial charge in [0.2, 0.25) is 5.91 Å². The van der Waals surface area contributed by atoms with Crippen LogP contribution in [0.15, 0.2) is 83.6 Å². The maximum Gasteiger partial charge on any atom is 0.416 e. The summed E-state index contributed by atoms with van der Waals surface area (Å²) in [5, 5.41) is 2.16. The number of rotatable bonds is 5. The molecule has 7 nitrogen and oxygen atoms in total. The van der Waals surface area contributed by atoms with E-state index >= 15 is 0 Å². The van der Waals surface area contributed by atoms with Crippen molar-refractivity contribution in [1.82, 2.24) is 9.47 Å². The quantitative estimate of drug-likeness (QED) is 0.250. The Labute approximate surface area is 234 Å². The van der Waals surface area contributed by atoms with Crippen LogP contribution in [-0.4, -0.2) is 34.0 Å². The number of para-hydroxylation sites is 2. The lowest BCUT2D eigenvalue weighted by Gasteiger charge is -2.38. The van der Waals surface area contributed by atoms with Gasteiger partial charge in [0, 0.05) is 17.9 Å². The third-order valence-corrected chi connectivity index (χ3v) is 7.19. The van der Waals surface area contributed by atoms with Crippen molar-refractivity contribution in [2.45, 2.75) is 37.3 Å². The lowest BCUT2D eigenvalue weighted by atomic mass is 10.0. The molecule has 1 saturated carbocycles. The molecule has 42 heavy (non-hydrogen) atoms. The monoisotopic (exact) mass is 588 g/mol. The molecule has 3 amide bonds. The molecular formula is C29H22F6N4O3. The molecule has 0 saturated heterocycles. The molecule has 2 aliphatic rings. The Bertz CT molecular complexity index is 1610. The van der Waals surface area contributed by atoms with Gasteiger partial charge in [-0.25, -0.2) is 4.79 Å². The number of furan rings is 1. The van der Waals surface area contributed by atoms with Crippen LogP contribution in [0.25, 0.3) is 5.69 Å². The smallest absolute Gasteiger partial charge is 0.416 e. The predicted octanol–water partition coefficient (Wildman–Crippen LogP) is 7.24. The fourth-order valence-electron chi connectivity index (χ4n) is 5.17. The first-order valence-corrected chi connectivity index (χ1v) is 12.9. The highest BCUT2D eigenvalue weighted by Gasteiger charge is 2.42. The molecule has 1 atom stereocenters. The van der Waals surface area contributed by atoms with Gasteiger partial charge < -0.3 is 19.2 Å². The van der Waals surface area contributed by atoms with Gasteiger partial charge in [-0.1, -0.05) is 12.1 Å². The van der Waals surface area contributed by atoms with Crippen LogP contribution < -0.4 is 10.2 Å². The molecule has 4 aromatic rings. The molecule has 1 fully saturated rings. The molecule has 2 aromatic heterocycles. The van der Waals surface area contributed by atoms with E-state index in [0.717, 1.165) is 10.6 Å². The molecule has 1 unspecified atom stereocenters. The lowest BCUT2D eigenvalue weighted by molar-refractivity contribution is -0.143. The van der Waals surface area contributed by atoms with Gasteiger partial charge in [0.05, 0.1) is 34.5 Å². The van der Waals surface area contributed by atoms with Crippen molar-refractivity contribution in [2.24, 2.45) is 0 Å². The molecule has 3 heterocycles. The summed E-state index contributed by atoms with van der Waals surface area (Å²) in [4.78, 5) is 30.0. The maximum atomic E-state index is 14.0. The number of benzene rings is 2. The molecular weight excluding hydrogens is 566 g/mol. The van der Waals surface area contributed by atoms with Gasteiger partial charge in [-0.05, 0) is 67.4 Å². The summed E-state index contributed by atoms with van der Waals surface area (Å²) in [5.41, 5.74) is -1.83. The third kappa shape index (κ3) is 5.10. The van der Waals surface area contributed by atoms with E-state index in [1.165, 1.54) is 11.2 Å². The molecule has 13 heteroatoms. The highest BCUT2D eigenvalue weighted by atomic mass is 19.4. The number of aromatic nitrogens is 1. The zero-order valence-corrected chi connectivity index (χ0v) is 21.6. The van der Waals surface area contributed by atoms with Crippen molar-refractivity contribution >= 4 is 23.3 Å². The number of urea groups is 1. The second-order valence-corrected chi connectivity index (χ2v) is 10.1. The number of alkyl halides is 6. The molecule has 1 N–H and O–H groups in total. The number of nitrogens with one attached hydrogen (secondary N) is 1. The minimum absolute atomic E-state index is 0.0176. The number of hydrogen-bond acceptors (Lipinski definition) is 3. The molecule has 2 aromatic carbocycles. The maximum absolute atomic E-state index is 14.0. The van der Waals surface area contributed by atoms with Crippen molar-refractivity contribution in [3.05, 3.63) is 102 Å². The Kier molecular flexibility index (Phi) is 6.54. The van der Waals surface area contributed by atoms with Gasteiger partial charge in [-0.3, -0.25) is 9.69 Å². The summed E-state index contributed by atoms with van der Waals surface area (Å²) in [7, 11) is 0. The van der Waals surface area contributed by atoms with E-state index in [0.29, 0.717) is 42.1 Å². The number of amides is 3. The first-order valence-electron chi connectivity index (χ1n) is 12.9. The average molecular weight is 589 g/mol. The van der Waals surface area contributed by atoms with E-state index in [-0.39, 0.29) is 6.07 Å². The van der Waals surface area contributed by atoms with Crippen LogP contribution in [-0.2, 0) is 17.1 Å². The zero-order chi connectivity index (χ0) is 29.8. The number of hydrogen-bond donors (Lipinski definition) is 1. The highest BCUT2D eigenvalue weighted by Crippen LogP contribution is 2.43. The number of carbonyl (C=O) groups is 2. The van der Waals surface area contributed by atoms with Crippen LogP contribution in [0, 0.1) is 0 Å². The molecule has 1 aliphatic carbocycles. The van der Waals surface area contributed by atoms with Crippen molar-refractivity contribution < 1.29 is 40.3 Å². The normalized spacial score (nSPS) is 16.5. The minimum atomic E-state index is -5.08. The average Bonchev–Trinajstić information content (AvgIpc) is 3.40. The number of fused-ring (bicyclic) bond motifs is 3. The first kappa shape index (κ1) is 27.5. The molecule has 218 valence electrons. The number of anilines is 2. The number of carbonyl (C=O) groups excluding carboxylic acids is 2. The predicted molar refractivity (Wildman–Crippen MR) is 139 cm³/mol. The first-order chi connectivity index (χ1) is 19.9. The second-order valence-electron chi connectivity index (χ2n) is 10.1. The van der Waals surface area contributed by atoms with Gasteiger partial charge in [0.15, 0.2) is 0 Å². The van der Waals surface area contributed by atoms with Crippen LogP contribution in [0.1, 0.15) is 41.5 Å². The van der Waals surface area contributed by atoms with Crippen LogP contribution in [0.2, 0.25) is 0 Å². The fraction of sp³-hybridized carbons (Fsp3) is 0.241. The summed E-state index contributed by atoms with van der Waals surface area (Å²) in [6.07, 6.45) is -5.78. The Morgan fingerprint density at radius 3 is 2.14 bits per heavy atom. The van der Waals surface area contributed by atoms with Crippen molar-refractivity contribution in [3.8, 4) is 5.69 Å². The van der Waals surface area contributed by atoms with Crippen molar-refractivity contribution in [3.63, 3.8) is 0 Å². The topological polar surface area (TPSA) is 70.7 Å². The van der Waals surface area contributed by atoms with Crippen LogP contribution >= 0.6 is 0 Å². The van der Waals surface area contributed by atoms with E-state index in [9.17, 15) is 35.9 Å². The SMILES string of the molecule is O=C(Nc1cc(C(F)(F)F)cc(C(F)(F)F)c1)N(CC(=O)N1c2ccccc2-n2cccc2C1c1ccco1)C1CC1. The van der Waals surface area contributed by atoms with E-state index in [2.05, 4.69) is 5.32 Å². The van der Waals surface area contributed by atoms with Crippen molar-refractivity contribution in [2.75, 3.05) is 16.8 Å². The van der Waals surface area contributed by atoms with Crippen LogP contribution in [0.4, 0.5) is 42.5 Å². The third-order valence-electron chi connectivity index (χ3n) is 7.19. The van der Waals surface area contributed by atoms with Crippen LogP contribution in [0.3, 0.4) is 0 Å². The van der Waals surface area contributed by atoms with E-state index < -0.39 is 59.7 Å². The Morgan fingerprint density at radius 2 is 1.55 bits per heavy atom. The molecule has 6 rings (SSSR count).